The van der Waals surface area contributed by atoms with Gasteiger partial charge in [0.25, 0.3) is 0 Å². The van der Waals surface area contributed by atoms with E-state index in [1.54, 1.807) is 21.3 Å². The Kier molecular flexibility index (Phi) is 11.8. The molecule has 8 nitrogen and oxygen atoms in total. The van der Waals surface area contributed by atoms with Gasteiger partial charge in [0, 0.05) is 52.9 Å². The van der Waals surface area contributed by atoms with Crippen molar-refractivity contribution < 1.29 is 14.2 Å². The van der Waals surface area contributed by atoms with E-state index in [2.05, 4.69) is 31.9 Å². The number of halogens is 1. The highest BCUT2D eigenvalue weighted by Crippen LogP contribution is 2.38. The summed E-state index contributed by atoms with van der Waals surface area (Å²) in [5.74, 6) is 3.94. The zero-order valence-electron chi connectivity index (χ0n) is 20.9. The van der Waals surface area contributed by atoms with Gasteiger partial charge in [-0.05, 0) is 49.5 Å². The van der Waals surface area contributed by atoms with Crippen LogP contribution >= 0.6 is 24.0 Å². The predicted molar refractivity (Wildman–Crippen MR) is 145 cm³/mol. The van der Waals surface area contributed by atoms with Crippen LogP contribution < -0.4 is 19.5 Å². The van der Waals surface area contributed by atoms with Crippen LogP contribution in [0.25, 0.3) is 0 Å². The summed E-state index contributed by atoms with van der Waals surface area (Å²) in [7, 11) is 6.83. The third-order valence-corrected chi connectivity index (χ3v) is 6.60. The molecule has 2 aliphatic rings. The van der Waals surface area contributed by atoms with Crippen LogP contribution in [0.3, 0.4) is 0 Å². The highest BCUT2D eigenvalue weighted by Gasteiger charge is 2.22. The van der Waals surface area contributed by atoms with Crippen molar-refractivity contribution in [2.75, 3.05) is 80.7 Å². The second kappa shape index (κ2) is 14.1. The predicted octanol–water partition coefficient (Wildman–Crippen LogP) is 2.76. The van der Waals surface area contributed by atoms with Crippen LogP contribution in [0.15, 0.2) is 17.1 Å². The molecule has 2 aliphatic heterocycles. The maximum atomic E-state index is 5.50. The molecule has 0 unspecified atom stereocenters. The zero-order valence-corrected chi connectivity index (χ0v) is 23.3. The van der Waals surface area contributed by atoms with E-state index >= 15 is 0 Å². The Bertz CT molecular complexity index is 723. The van der Waals surface area contributed by atoms with E-state index in [9.17, 15) is 0 Å². The van der Waals surface area contributed by atoms with Gasteiger partial charge in [-0.15, -0.1) is 24.0 Å². The lowest BCUT2D eigenvalue weighted by atomic mass is 9.99. The van der Waals surface area contributed by atoms with Gasteiger partial charge in [-0.1, -0.05) is 6.92 Å². The van der Waals surface area contributed by atoms with Crippen molar-refractivity contribution in [2.45, 2.75) is 26.3 Å². The molecule has 2 fully saturated rings. The lowest BCUT2D eigenvalue weighted by Crippen LogP contribution is -2.53. The normalized spacial score (nSPS) is 18.6. The van der Waals surface area contributed by atoms with Crippen molar-refractivity contribution in [3.05, 3.63) is 17.7 Å². The number of methoxy groups -OCH3 is 3. The molecule has 1 N–H and O–H groups in total. The number of benzene rings is 1. The van der Waals surface area contributed by atoms with E-state index in [1.807, 2.05) is 19.2 Å². The Balaban J connectivity index is 0.00000385. The highest BCUT2D eigenvalue weighted by atomic mass is 127. The number of piperidine rings is 1. The molecule has 1 aromatic carbocycles. The quantitative estimate of drug-likeness (QED) is 0.291. The lowest BCUT2D eigenvalue weighted by Gasteiger charge is -2.37. The van der Waals surface area contributed by atoms with Gasteiger partial charge in [-0.25, -0.2) is 0 Å². The van der Waals surface area contributed by atoms with Crippen molar-refractivity contribution >= 4 is 29.9 Å². The number of hydrogen-bond acceptors (Lipinski definition) is 6. The van der Waals surface area contributed by atoms with Gasteiger partial charge in [-0.3, -0.25) is 9.89 Å². The minimum absolute atomic E-state index is 0. The Morgan fingerprint density at radius 3 is 2.06 bits per heavy atom. The average Bonchev–Trinajstić information content (AvgIpc) is 2.83. The fourth-order valence-electron chi connectivity index (χ4n) is 4.55. The van der Waals surface area contributed by atoms with Crippen LogP contribution in [0.4, 0.5) is 0 Å². The van der Waals surface area contributed by atoms with E-state index in [0.29, 0.717) is 17.2 Å². The van der Waals surface area contributed by atoms with Gasteiger partial charge in [0.05, 0.1) is 21.3 Å². The summed E-state index contributed by atoms with van der Waals surface area (Å²) in [5, 5.41) is 3.57. The number of nitrogens with one attached hydrogen (secondary N) is 1. The fraction of sp³-hybridized carbons (Fsp3) is 0.708. The number of hydrogen-bond donors (Lipinski definition) is 1. The van der Waals surface area contributed by atoms with Crippen LogP contribution in [0.1, 0.15) is 25.3 Å². The molecule has 188 valence electrons. The molecule has 0 saturated carbocycles. The summed E-state index contributed by atoms with van der Waals surface area (Å²) in [5.41, 5.74) is 1.16. The van der Waals surface area contributed by atoms with E-state index < -0.39 is 0 Å². The van der Waals surface area contributed by atoms with Gasteiger partial charge >= 0.3 is 0 Å². The molecule has 0 atom stereocenters. The first-order valence-electron chi connectivity index (χ1n) is 11.8. The molecule has 0 bridgehead atoms. The molecule has 2 saturated heterocycles. The Morgan fingerprint density at radius 2 is 1.55 bits per heavy atom. The van der Waals surface area contributed by atoms with Crippen LogP contribution in [0, 0.1) is 5.92 Å². The third kappa shape index (κ3) is 7.78. The van der Waals surface area contributed by atoms with Crippen LogP contribution in [-0.2, 0) is 6.54 Å². The monoisotopic (exact) mass is 575 g/mol. The molecule has 2 heterocycles. The van der Waals surface area contributed by atoms with Crippen molar-refractivity contribution in [1.82, 2.24) is 20.0 Å². The maximum Gasteiger partial charge on any atom is 0.203 e. The van der Waals surface area contributed by atoms with E-state index in [-0.39, 0.29) is 24.0 Å². The molecule has 3 rings (SSSR count). The average molecular weight is 576 g/mol. The second-order valence-electron chi connectivity index (χ2n) is 8.79. The van der Waals surface area contributed by atoms with Crippen LogP contribution in [0.5, 0.6) is 17.2 Å². The van der Waals surface area contributed by atoms with E-state index in [0.717, 1.165) is 63.3 Å². The summed E-state index contributed by atoms with van der Waals surface area (Å²) in [6, 6.07) is 4.07. The lowest BCUT2D eigenvalue weighted by molar-refractivity contribution is 0.170. The largest absolute Gasteiger partial charge is 0.493 e. The summed E-state index contributed by atoms with van der Waals surface area (Å²) in [6.07, 6.45) is 2.64. The van der Waals surface area contributed by atoms with Gasteiger partial charge in [-0.2, -0.15) is 0 Å². The van der Waals surface area contributed by atoms with Gasteiger partial charge in [0.15, 0.2) is 17.5 Å². The molecule has 1 aromatic rings. The molecule has 0 radical (unpaired) electrons. The molecule has 0 amide bonds. The van der Waals surface area contributed by atoms with Gasteiger partial charge in [0.2, 0.25) is 5.75 Å². The smallest absolute Gasteiger partial charge is 0.203 e. The zero-order chi connectivity index (χ0) is 22.9. The second-order valence-corrected chi connectivity index (χ2v) is 8.79. The van der Waals surface area contributed by atoms with E-state index in [1.165, 1.54) is 25.9 Å². The Hall–Kier alpha value is -1.46. The van der Waals surface area contributed by atoms with Gasteiger partial charge < -0.3 is 29.3 Å². The SMILES string of the molecule is CN=C(NCCN1CCC(C)CC1)N1CCN(Cc2cc(OC)c(OC)c(OC)c2)CC1.I. The molecule has 0 spiro atoms. The highest BCUT2D eigenvalue weighted by molar-refractivity contribution is 14.0. The first kappa shape index (κ1) is 27.8. The summed E-state index contributed by atoms with van der Waals surface area (Å²) in [4.78, 5) is 11.9. The molecule has 9 heteroatoms. The Labute approximate surface area is 216 Å². The van der Waals surface area contributed by atoms with Crippen molar-refractivity contribution in [2.24, 2.45) is 10.9 Å². The van der Waals surface area contributed by atoms with Crippen LogP contribution in [-0.4, -0.2) is 101 Å². The third-order valence-electron chi connectivity index (χ3n) is 6.60. The molecule has 33 heavy (non-hydrogen) atoms. The number of nitrogens with zero attached hydrogens (tertiary/aromatic N) is 4. The van der Waals surface area contributed by atoms with Crippen LogP contribution in [0.2, 0.25) is 0 Å². The van der Waals surface area contributed by atoms with Crippen molar-refractivity contribution in [3.63, 3.8) is 0 Å². The molecular weight excluding hydrogens is 533 g/mol. The summed E-state index contributed by atoms with van der Waals surface area (Å²) < 4.78 is 16.4. The molecule has 0 aromatic heterocycles. The number of guanidine groups is 1. The number of rotatable bonds is 8. The number of piperazine rings is 1. The topological polar surface area (TPSA) is 61.8 Å². The number of likely N-dealkylation sites (tertiary alicyclic amines) is 1. The van der Waals surface area contributed by atoms with Gasteiger partial charge in [0.1, 0.15) is 0 Å². The van der Waals surface area contributed by atoms with Crippen molar-refractivity contribution in [1.29, 1.82) is 0 Å². The maximum absolute atomic E-state index is 5.50. The molecule has 0 aliphatic carbocycles. The van der Waals surface area contributed by atoms with Crippen molar-refractivity contribution in [3.8, 4) is 17.2 Å². The Morgan fingerprint density at radius 1 is 0.939 bits per heavy atom. The standard InChI is InChI=1S/C24H41N5O3.HI/c1-19-6-9-27(10-7-19)11-8-26-24(25-2)29-14-12-28(13-15-29)18-20-16-21(30-3)23(32-5)22(17-20)31-4;/h16-17,19H,6-15,18H2,1-5H3,(H,25,26);1H. The first-order chi connectivity index (χ1) is 15.6. The fourth-order valence-corrected chi connectivity index (χ4v) is 4.55. The first-order valence-corrected chi connectivity index (χ1v) is 11.8. The number of aliphatic imine (C=N–C) groups is 1. The summed E-state index contributed by atoms with van der Waals surface area (Å²) >= 11 is 0. The molecular formula is C24H42IN5O3. The minimum atomic E-state index is 0. The minimum Gasteiger partial charge on any atom is -0.493 e. The van der Waals surface area contributed by atoms with E-state index in [4.69, 9.17) is 14.2 Å². The summed E-state index contributed by atoms with van der Waals surface area (Å²) in [6.45, 7) is 11.6. The number of ether oxygens (including phenoxy) is 3.